The molecular weight excluding hydrogens is 518 g/mol. The molecule has 9 nitrogen and oxygen atoms in total. The van der Waals surface area contributed by atoms with Gasteiger partial charge in [0.15, 0.2) is 11.5 Å². The highest BCUT2D eigenvalue weighted by Crippen LogP contribution is 2.38. The maximum Gasteiger partial charge on any atom is 0.261 e. The van der Waals surface area contributed by atoms with Crippen molar-refractivity contribution in [2.24, 2.45) is 0 Å². The van der Waals surface area contributed by atoms with Gasteiger partial charge < -0.3 is 24.8 Å². The SMILES string of the molecule is COc1ccc([C@@H](C(=O)NC(C)(C)C)N(C(=O)CNC(=O)c2cccs2)c2cc(C)ccc2OC)cc1OC. The van der Waals surface area contributed by atoms with Gasteiger partial charge in [0.25, 0.3) is 5.91 Å². The molecule has 1 heterocycles. The lowest BCUT2D eigenvalue weighted by Crippen LogP contribution is -2.51. The summed E-state index contributed by atoms with van der Waals surface area (Å²) in [4.78, 5) is 42.4. The molecule has 0 aliphatic heterocycles. The molecule has 0 fully saturated rings. The number of ether oxygens (including phenoxy) is 3. The minimum atomic E-state index is -1.13. The number of benzene rings is 2. The molecule has 39 heavy (non-hydrogen) atoms. The molecule has 0 aliphatic rings. The number of anilines is 1. The van der Waals surface area contributed by atoms with Gasteiger partial charge in [-0.05, 0) is 74.5 Å². The van der Waals surface area contributed by atoms with Crippen LogP contribution in [0, 0.1) is 6.92 Å². The van der Waals surface area contributed by atoms with Gasteiger partial charge in [0, 0.05) is 5.54 Å². The van der Waals surface area contributed by atoms with Crippen molar-refractivity contribution in [3.63, 3.8) is 0 Å². The number of methoxy groups -OCH3 is 3. The second-order valence-corrected chi connectivity index (χ2v) is 10.8. The zero-order chi connectivity index (χ0) is 28.7. The molecule has 0 bridgehead atoms. The molecule has 0 unspecified atom stereocenters. The van der Waals surface area contributed by atoms with E-state index in [2.05, 4.69) is 10.6 Å². The van der Waals surface area contributed by atoms with Gasteiger partial charge in [-0.25, -0.2) is 0 Å². The molecule has 0 radical (unpaired) electrons. The predicted octanol–water partition coefficient (Wildman–Crippen LogP) is 4.50. The van der Waals surface area contributed by atoms with E-state index in [9.17, 15) is 14.4 Å². The Morgan fingerprint density at radius 1 is 0.923 bits per heavy atom. The number of hydrogen-bond acceptors (Lipinski definition) is 7. The van der Waals surface area contributed by atoms with Crippen LogP contribution in [-0.2, 0) is 9.59 Å². The first-order valence-electron chi connectivity index (χ1n) is 12.3. The zero-order valence-corrected chi connectivity index (χ0v) is 24.1. The Balaban J connectivity index is 2.17. The fourth-order valence-electron chi connectivity index (χ4n) is 4.02. The molecule has 0 aliphatic carbocycles. The number of rotatable bonds is 10. The Morgan fingerprint density at radius 3 is 2.18 bits per heavy atom. The third-order valence-electron chi connectivity index (χ3n) is 5.74. The van der Waals surface area contributed by atoms with Gasteiger partial charge >= 0.3 is 0 Å². The molecule has 0 spiro atoms. The number of nitrogens with one attached hydrogen (secondary N) is 2. The largest absolute Gasteiger partial charge is 0.495 e. The molecule has 3 amide bonds. The molecule has 1 atom stereocenters. The van der Waals surface area contributed by atoms with Crippen LogP contribution in [0.1, 0.15) is 47.6 Å². The standard InChI is InChI=1S/C29H35N3O6S/c1-18-10-12-21(36-5)20(15-18)32(25(33)17-30-27(34)24-9-8-14-39-24)26(28(35)31-29(2,3)4)19-11-13-22(37-6)23(16-19)38-7/h8-16,26H,17H2,1-7H3,(H,30,34)(H,31,35)/t26-/m0/s1. The van der Waals surface area contributed by atoms with Crippen molar-refractivity contribution in [3.8, 4) is 17.2 Å². The minimum Gasteiger partial charge on any atom is -0.495 e. The van der Waals surface area contributed by atoms with Crippen molar-refractivity contribution in [3.05, 3.63) is 69.9 Å². The molecule has 2 aromatic carbocycles. The number of hydrogen-bond donors (Lipinski definition) is 2. The van der Waals surface area contributed by atoms with E-state index in [1.54, 1.807) is 47.8 Å². The monoisotopic (exact) mass is 553 g/mol. The molecule has 0 saturated carbocycles. The summed E-state index contributed by atoms with van der Waals surface area (Å²) in [7, 11) is 4.51. The topological polar surface area (TPSA) is 106 Å². The van der Waals surface area contributed by atoms with Gasteiger partial charge in [-0.2, -0.15) is 0 Å². The number of nitrogens with zero attached hydrogens (tertiary/aromatic N) is 1. The molecule has 1 aromatic heterocycles. The van der Waals surface area contributed by atoms with E-state index in [4.69, 9.17) is 14.2 Å². The maximum absolute atomic E-state index is 14.0. The summed E-state index contributed by atoms with van der Waals surface area (Å²) in [5.74, 6) is -0.0311. The number of thiophene rings is 1. The summed E-state index contributed by atoms with van der Waals surface area (Å²) >= 11 is 1.27. The zero-order valence-electron chi connectivity index (χ0n) is 23.3. The lowest BCUT2D eigenvalue weighted by atomic mass is 9.99. The Labute approximate surface area is 233 Å². The highest BCUT2D eigenvalue weighted by atomic mass is 32.1. The van der Waals surface area contributed by atoms with Gasteiger partial charge in [-0.3, -0.25) is 19.3 Å². The molecule has 3 aromatic rings. The predicted molar refractivity (Wildman–Crippen MR) is 152 cm³/mol. The van der Waals surface area contributed by atoms with Crippen molar-refractivity contribution in [2.75, 3.05) is 32.8 Å². The smallest absolute Gasteiger partial charge is 0.261 e. The van der Waals surface area contributed by atoms with Crippen molar-refractivity contribution >= 4 is 34.7 Å². The summed E-state index contributed by atoms with van der Waals surface area (Å²) < 4.78 is 16.5. The van der Waals surface area contributed by atoms with Crippen LogP contribution in [-0.4, -0.2) is 51.1 Å². The van der Waals surface area contributed by atoms with Gasteiger partial charge in [0.2, 0.25) is 11.8 Å². The van der Waals surface area contributed by atoms with E-state index in [1.165, 1.54) is 37.6 Å². The van der Waals surface area contributed by atoms with E-state index in [0.717, 1.165) is 5.56 Å². The third kappa shape index (κ3) is 7.29. The third-order valence-corrected chi connectivity index (χ3v) is 6.60. The highest BCUT2D eigenvalue weighted by molar-refractivity contribution is 7.12. The van der Waals surface area contributed by atoms with Crippen molar-refractivity contribution in [1.29, 1.82) is 0 Å². The summed E-state index contributed by atoms with van der Waals surface area (Å²) in [5, 5.41) is 7.46. The van der Waals surface area contributed by atoms with Crippen molar-refractivity contribution in [2.45, 2.75) is 39.3 Å². The van der Waals surface area contributed by atoms with Crippen LogP contribution in [0.3, 0.4) is 0 Å². The van der Waals surface area contributed by atoms with Crippen LogP contribution < -0.4 is 29.7 Å². The van der Waals surface area contributed by atoms with Crippen molar-refractivity contribution in [1.82, 2.24) is 10.6 Å². The molecule has 3 rings (SSSR count). The number of aryl methyl sites for hydroxylation is 1. The summed E-state index contributed by atoms with van der Waals surface area (Å²) in [6.45, 7) is 7.11. The fraction of sp³-hybridized carbons (Fsp3) is 0.345. The van der Waals surface area contributed by atoms with Gasteiger partial charge in [-0.15, -0.1) is 11.3 Å². The summed E-state index contributed by atoms with van der Waals surface area (Å²) in [6.07, 6.45) is 0. The van der Waals surface area contributed by atoms with Gasteiger partial charge in [0.05, 0.1) is 38.4 Å². The second kappa shape index (κ2) is 12.7. The Hall–Kier alpha value is -4.05. The van der Waals surface area contributed by atoms with Crippen LogP contribution in [0.4, 0.5) is 5.69 Å². The Kier molecular flexibility index (Phi) is 9.58. The normalized spacial score (nSPS) is 11.8. The molecule has 0 saturated heterocycles. The lowest BCUT2D eigenvalue weighted by molar-refractivity contribution is -0.127. The number of amides is 3. The van der Waals surface area contributed by atoms with Crippen LogP contribution in [0.5, 0.6) is 17.2 Å². The van der Waals surface area contributed by atoms with Crippen LogP contribution in [0.25, 0.3) is 0 Å². The number of carbonyl (C=O) groups is 3. The van der Waals surface area contributed by atoms with E-state index >= 15 is 0 Å². The quantitative estimate of drug-likeness (QED) is 0.383. The van der Waals surface area contributed by atoms with Crippen LogP contribution in [0.2, 0.25) is 0 Å². The van der Waals surface area contributed by atoms with Crippen molar-refractivity contribution < 1.29 is 28.6 Å². The molecule has 2 N–H and O–H groups in total. The molecule has 208 valence electrons. The first kappa shape index (κ1) is 29.5. The minimum absolute atomic E-state index is 0.347. The van der Waals surface area contributed by atoms with E-state index < -0.39 is 23.4 Å². The Morgan fingerprint density at radius 2 is 1.59 bits per heavy atom. The van der Waals surface area contributed by atoms with E-state index in [0.29, 0.717) is 33.4 Å². The lowest BCUT2D eigenvalue weighted by Gasteiger charge is -2.34. The number of carbonyl (C=O) groups excluding carboxylic acids is 3. The molecular formula is C29H35N3O6S. The average molecular weight is 554 g/mol. The second-order valence-electron chi connectivity index (χ2n) is 9.86. The summed E-state index contributed by atoms with van der Waals surface area (Å²) in [5.41, 5.74) is 1.13. The first-order valence-corrected chi connectivity index (χ1v) is 13.2. The summed E-state index contributed by atoms with van der Waals surface area (Å²) in [6, 6.07) is 12.7. The van der Waals surface area contributed by atoms with Crippen LogP contribution >= 0.6 is 11.3 Å². The van der Waals surface area contributed by atoms with Gasteiger partial charge in [0.1, 0.15) is 11.8 Å². The Bertz CT molecular complexity index is 1320. The fourth-order valence-corrected chi connectivity index (χ4v) is 4.66. The first-order chi connectivity index (χ1) is 18.5. The van der Waals surface area contributed by atoms with Gasteiger partial charge in [-0.1, -0.05) is 18.2 Å². The average Bonchev–Trinajstić information content (AvgIpc) is 3.44. The maximum atomic E-state index is 14.0. The molecule has 10 heteroatoms. The van der Waals surface area contributed by atoms with Crippen LogP contribution in [0.15, 0.2) is 53.9 Å². The highest BCUT2D eigenvalue weighted by Gasteiger charge is 2.36. The van der Waals surface area contributed by atoms with E-state index in [1.807, 2.05) is 33.8 Å². The van der Waals surface area contributed by atoms with E-state index in [-0.39, 0.29) is 12.5 Å².